The second-order valence-corrected chi connectivity index (χ2v) is 14.2. The van der Waals surface area contributed by atoms with Gasteiger partial charge >= 0.3 is 7.19 Å². The van der Waals surface area contributed by atoms with Crippen LogP contribution in [-0.2, 0) is 7.05 Å². The lowest BCUT2D eigenvalue weighted by Crippen LogP contribution is -2.42. The highest BCUT2D eigenvalue weighted by Gasteiger charge is 2.56. The fourth-order valence-electron chi connectivity index (χ4n) is 7.25. The standard InChI is InChI=1S/C31H20N3OPS/c1-32-15-16-34-30(32)20-10-12-23-27-28-26-21-17-36(34,29(20)27)33-14-6-5-9-22(33)25(18-7-3-2-4-8-18)19(21)11-13-24(26)37-31(28)35-23/h2-17,25H,1H3/q+2. The molecule has 0 amide bonds. The Balaban J connectivity index is 1.56. The molecule has 2 atom stereocenters. The van der Waals surface area contributed by atoms with Gasteiger partial charge < -0.3 is 4.42 Å². The van der Waals surface area contributed by atoms with Crippen molar-refractivity contribution in [3.8, 4) is 11.4 Å². The summed E-state index contributed by atoms with van der Waals surface area (Å²) >= 11 is 1.79. The average Bonchev–Trinajstić information content (AvgIpc) is 3.61. The van der Waals surface area contributed by atoms with E-state index < -0.39 is 7.19 Å². The van der Waals surface area contributed by atoms with Crippen molar-refractivity contribution in [3.63, 3.8) is 0 Å². The minimum atomic E-state index is -2.27. The first-order valence-electron chi connectivity index (χ1n) is 12.6. The molecule has 4 nitrogen and oxygen atoms in total. The van der Waals surface area contributed by atoms with E-state index in [0.717, 1.165) is 10.5 Å². The summed E-state index contributed by atoms with van der Waals surface area (Å²) in [5.41, 5.74) is 7.74. The normalized spacial score (nSPS) is 20.1. The van der Waals surface area contributed by atoms with Gasteiger partial charge in [0.1, 0.15) is 23.3 Å². The Morgan fingerprint density at radius 3 is 2.70 bits per heavy atom. The van der Waals surface area contributed by atoms with E-state index in [-0.39, 0.29) is 5.92 Å². The summed E-state index contributed by atoms with van der Waals surface area (Å²) in [7, 11) is -0.100. The van der Waals surface area contributed by atoms with E-state index in [4.69, 9.17) is 4.42 Å². The maximum Gasteiger partial charge on any atom is 0.335 e. The highest BCUT2D eigenvalue weighted by atomic mass is 32.1. The van der Waals surface area contributed by atoms with Crippen molar-refractivity contribution in [2.45, 2.75) is 5.92 Å². The third-order valence-electron chi connectivity index (χ3n) is 8.62. The summed E-state index contributed by atoms with van der Waals surface area (Å²) in [5.74, 6) is 4.07. The van der Waals surface area contributed by atoms with Gasteiger partial charge in [-0.1, -0.05) is 53.8 Å². The van der Waals surface area contributed by atoms with Gasteiger partial charge in [-0.15, -0.1) is 0 Å². The number of furan rings is 1. The number of nitrogens with zero attached hydrogens (tertiary/aromatic N) is 3. The van der Waals surface area contributed by atoms with E-state index >= 15 is 0 Å². The molecular weight excluding hydrogens is 493 g/mol. The zero-order valence-electron chi connectivity index (χ0n) is 19.9. The summed E-state index contributed by atoms with van der Waals surface area (Å²) in [4.78, 5) is 1.04. The van der Waals surface area contributed by atoms with E-state index in [1.54, 1.807) is 11.3 Å². The number of rotatable bonds is 1. The first kappa shape index (κ1) is 19.2. The second kappa shape index (κ2) is 6.13. The summed E-state index contributed by atoms with van der Waals surface area (Å²) in [6, 6.07) is 26.9. The van der Waals surface area contributed by atoms with Gasteiger partial charge in [0, 0.05) is 33.0 Å². The van der Waals surface area contributed by atoms with Crippen LogP contribution in [-0.4, -0.2) is 10.1 Å². The van der Waals surface area contributed by atoms with E-state index in [9.17, 15) is 0 Å². The summed E-state index contributed by atoms with van der Waals surface area (Å²) in [5, 5.41) is 5.42. The summed E-state index contributed by atoms with van der Waals surface area (Å²) in [6.45, 7) is 0. The van der Waals surface area contributed by atoms with Crippen molar-refractivity contribution >= 4 is 61.0 Å². The molecule has 3 aliphatic heterocycles. The van der Waals surface area contributed by atoms with Gasteiger partial charge in [0.15, 0.2) is 16.8 Å². The molecule has 7 heterocycles. The lowest BCUT2D eigenvalue weighted by Gasteiger charge is -2.20. The second-order valence-electron chi connectivity index (χ2n) is 10.3. The average molecular weight is 514 g/mol. The molecular formula is C31H20N3OPS+2. The minimum Gasteiger partial charge on any atom is -0.445 e. The Morgan fingerprint density at radius 2 is 1.78 bits per heavy atom. The number of hydrogen-bond acceptors (Lipinski definition) is 2. The van der Waals surface area contributed by atoms with Crippen molar-refractivity contribution in [1.29, 1.82) is 0 Å². The number of aromatic nitrogens is 3. The van der Waals surface area contributed by atoms with Crippen LogP contribution >= 0.6 is 18.5 Å². The van der Waals surface area contributed by atoms with Crippen molar-refractivity contribution in [2.75, 3.05) is 0 Å². The Kier molecular flexibility index (Phi) is 3.19. The molecule has 37 heavy (non-hydrogen) atoms. The Morgan fingerprint density at radius 1 is 0.892 bits per heavy atom. The quantitative estimate of drug-likeness (QED) is 0.198. The van der Waals surface area contributed by atoms with Crippen LogP contribution in [0.4, 0.5) is 0 Å². The molecule has 3 aliphatic rings. The van der Waals surface area contributed by atoms with E-state index in [1.165, 1.54) is 59.9 Å². The molecule has 0 aliphatic carbocycles. The maximum atomic E-state index is 6.59. The number of imidazole rings is 1. The van der Waals surface area contributed by atoms with Gasteiger partial charge in [0.05, 0.1) is 24.3 Å². The highest BCUT2D eigenvalue weighted by Crippen LogP contribution is 2.60. The molecule has 6 heteroatoms. The summed E-state index contributed by atoms with van der Waals surface area (Å²) < 4.78 is 15.4. The molecule has 0 saturated carbocycles. The summed E-state index contributed by atoms with van der Waals surface area (Å²) in [6.07, 6.45) is 6.83. The van der Waals surface area contributed by atoms with E-state index in [2.05, 4.69) is 117 Å². The number of aryl methyl sites for hydroxylation is 1. The lowest BCUT2D eigenvalue weighted by atomic mass is 9.84. The van der Waals surface area contributed by atoms with E-state index in [0.29, 0.717) is 0 Å². The topological polar surface area (TPSA) is 25.8 Å². The molecule has 174 valence electrons. The fraction of sp³-hybridized carbons (Fsp3) is 0.0645. The molecule has 0 fully saturated rings. The van der Waals surface area contributed by atoms with Crippen LogP contribution in [0.15, 0.2) is 95.8 Å². The number of thiophene rings is 1. The zero-order chi connectivity index (χ0) is 24.0. The van der Waals surface area contributed by atoms with Crippen molar-refractivity contribution in [2.24, 2.45) is 7.05 Å². The van der Waals surface area contributed by atoms with Crippen LogP contribution < -0.4 is 14.2 Å². The fourth-order valence-corrected chi connectivity index (χ4v) is 12.7. The van der Waals surface area contributed by atoms with Crippen LogP contribution in [0.2, 0.25) is 0 Å². The third-order valence-corrected chi connectivity index (χ3v) is 13.4. The molecule has 7 aromatic rings. The van der Waals surface area contributed by atoms with Crippen LogP contribution in [0.25, 0.3) is 42.7 Å². The first-order valence-corrected chi connectivity index (χ1v) is 15.2. The van der Waals surface area contributed by atoms with E-state index in [1.807, 2.05) is 0 Å². The van der Waals surface area contributed by atoms with Crippen LogP contribution in [0.5, 0.6) is 0 Å². The van der Waals surface area contributed by atoms with Gasteiger partial charge in [-0.2, -0.15) is 8.68 Å². The molecule has 0 saturated heterocycles. The molecule has 0 N–H and O–H groups in total. The molecule has 2 unspecified atom stereocenters. The predicted molar refractivity (Wildman–Crippen MR) is 150 cm³/mol. The van der Waals surface area contributed by atoms with Gasteiger partial charge in [-0.25, -0.2) is 4.57 Å². The Bertz CT molecular complexity index is 2230. The first-order chi connectivity index (χ1) is 18.3. The van der Waals surface area contributed by atoms with Crippen LogP contribution in [0, 0.1) is 0 Å². The number of hydrogen-bond donors (Lipinski definition) is 0. The third kappa shape index (κ3) is 1.98. The molecule has 0 radical (unpaired) electrons. The highest BCUT2D eigenvalue weighted by molar-refractivity contribution is 7.76. The SMILES string of the molecule is C[n+]1ccn2c1-c1ccc3oc4sc5ccc6c7c5c4c3c1P2(=C7)[n+]1ccccc1C6c1ccccc1. The predicted octanol–water partition coefficient (Wildman–Crippen LogP) is 5.92. The van der Waals surface area contributed by atoms with Crippen LogP contribution in [0.1, 0.15) is 28.3 Å². The molecule has 1 spiro atoms. The number of pyridine rings is 1. The van der Waals surface area contributed by atoms with Crippen LogP contribution in [0.3, 0.4) is 0 Å². The van der Waals surface area contributed by atoms with Crippen molar-refractivity contribution < 1.29 is 13.3 Å². The lowest BCUT2D eigenvalue weighted by molar-refractivity contribution is -0.659. The van der Waals surface area contributed by atoms with Gasteiger partial charge in [-0.3, -0.25) is 0 Å². The van der Waals surface area contributed by atoms with Crippen molar-refractivity contribution in [3.05, 3.63) is 114 Å². The van der Waals surface area contributed by atoms with Crippen molar-refractivity contribution in [1.82, 2.24) is 4.34 Å². The Hall–Kier alpha value is -3.92. The maximum absolute atomic E-state index is 6.59. The Labute approximate surface area is 216 Å². The molecule has 3 aromatic carbocycles. The zero-order valence-corrected chi connectivity index (χ0v) is 21.6. The van der Waals surface area contributed by atoms with Gasteiger partial charge in [0.2, 0.25) is 0 Å². The van der Waals surface area contributed by atoms with Gasteiger partial charge in [-0.05, 0) is 34.9 Å². The largest absolute Gasteiger partial charge is 0.445 e. The smallest absolute Gasteiger partial charge is 0.335 e. The molecule has 10 rings (SSSR count). The minimum absolute atomic E-state index is 0.136. The monoisotopic (exact) mass is 513 g/mol. The molecule has 2 bridgehead atoms. The van der Waals surface area contributed by atoms with Gasteiger partial charge in [0.25, 0.3) is 5.82 Å². The molecule has 4 aromatic heterocycles. The number of benzene rings is 3. The number of fused-ring (bicyclic) bond motifs is 3.